The maximum Gasteiger partial charge on any atom is 0.239 e. The summed E-state index contributed by atoms with van der Waals surface area (Å²) >= 11 is 1.69. The van der Waals surface area contributed by atoms with E-state index >= 15 is 0 Å². The van der Waals surface area contributed by atoms with Gasteiger partial charge in [0.25, 0.3) is 0 Å². The smallest absolute Gasteiger partial charge is 0.239 e. The molecule has 1 aromatic rings. The Balaban J connectivity index is 2.61. The highest BCUT2D eigenvalue weighted by Crippen LogP contribution is 2.18. The molecule has 0 saturated heterocycles. The SMILES string of the molecule is CCC(C)[C@H](N)C(=O)N(C)Cc1sccc1C. The molecular weight excluding hydrogens is 232 g/mol. The van der Waals surface area contributed by atoms with Gasteiger partial charge in [-0.25, -0.2) is 0 Å². The van der Waals surface area contributed by atoms with Gasteiger partial charge in [-0.3, -0.25) is 4.79 Å². The minimum absolute atomic E-state index is 0.0344. The lowest BCUT2D eigenvalue weighted by Crippen LogP contribution is -2.45. The molecule has 1 amide bonds. The molecule has 1 heterocycles. The van der Waals surface area contributed by atoms with E-state index in [-0.39, 0.29) is 17.9 Å². The molecule has 2 atom stereocenters. The average Bonchev–Trinajstić information content (AvgIpc) is 2.72. The van der Waals surface area contributed by atoms with Crippen LogP contribution in [0, 0.1) is 12.8 Å². The lowest BCUT2D eigenvalue weighted by molar-refractivity contribution is -0.132. The quantitative estimate of drug-likeness (QED) is 0.877. The van der Waals surface area contributed by atoms with E-state index in [1.54, 1.807) is 16.2 Å². The lowest BCUT2D eigenvalue weighted by atomic mass is 9.99. The van der Waals surface area contributed by atoms with E-state index in [1.807, 2.05) is 14.0 Å². The van der Waals surface area contributed by atoms with Gasteiger partial charge in [-0.15, -0.1) is 11.3 Å². The van der Waals surface area contributed by atoms with Gasteiger partial charge >= 0.3 is 0 Å². The summed E-state index contributed by atoms with van der Waals surface area (Å²) in [4.78, 5) is 15.1. The third kappa shape index (κ3) is 3.54. The highest BCUT2D eigenvalue weighted by Gasteiger charge is 2.23. The zero-order valence-corrected chi connectivity index (χ0v) is 11.9. The first kappa shape index (κ1) is 14.2. The van der Waals surface area contributed by atoms with Gasteiger partial charge in [0.15, 0.2) is 0 Å². The molecule has 1 aromatic heterocycles. The van der Waals surface area contributed by atoms with Crippen molar-refractivity contribution in [2.45, 2.75) is 39.8 Å². The summed E-state index contributed by atoms with van der Waals surface area (Å²) in [5.74, 6) is 0.265. The zero-order valence-electron chi connectivity index (χ0n) is 11.1. The van der Waals surface area contributed by atoms with E-state index < -0.39 is 0 Å². The molecule has 0 aliphatic heterocycles. The van der Waals surface area contributed by atoms with Crippen molar-refractivity contribution in [1.29, 1.82) is 0 Å². The topological polar surface area (TPSA) is 46.3 Å². The number of nitrogens with zero attached hydrogens (tertiary/aromatic N) is 1. The second-order valence-corrected chi connectivity index (χ2v) is 5.63. The van der Waals surface area contributed by atoms with Crippen LogP contribution in [0.15, 0.2) is 11.4 Å². The van der Waals surface area contributed by atoms with Crippen LogP contribution in [0.5, 0.6) is 0 Å². The van der Waals surface area contributed by atoms with Crippen LogP contribution in [-0.2, 0) is 11.3 Å². The summed E-state index contributed by atoms with van der Waals surface area (Å²) in [6, 6.07) is 1.69. The van der Waals surface area contributed by atoms with Crippen molar-refractivity contribution >= 4 is 17.2 Å². The predicted octanol–water partition coefficient (Wildman–Crippen LogP) is 2.39. The van der Waals surface area contributed by atoms with Crippen LogP contribution in [0.1, 0.15) is 30.7 Å². The van der Waals surface area contributed by atoms with E-state index in [2.05, 4.69) is 25.3 Å². The number of nitrogens with two attached hydrogens (primary N) is 1. The number of aryl methyl sites for hydroxylation is 1. The second-order valence-electron chi connectivity index (χ2n) is 4.63. The van der Waals surface area contributed by atoms with Crippen molar-refractivity contribution in [3.63, 3.8) is 0 Å². The van der Waals surface area contributed by atoms with Crippen LogP contribution < -0.4 is 5.73 Å². The minimum Gasteiger partial charge on any atom is -0.339 e. The van der Waals surface area contributed by atoms with Gasteiger partial charge in [-0.2, -0.15) is 0 Å². The number of carbonyl (C=O) groups is 1. The van der Waals surface area contributed by atoms with Gasteiger partial charge in [-0.1, -0.05) is 20.3 Å². The molecule has 0 bridgehead atoms. The first-order valence-corrected chi connectivity index (χ1v) is 6.88. The van der Waals surface area contributed by atoms with E-state index in [1.165, 1.54) is 10.4 Å². The fraction of sp³-hybridized carbons (Fsp3) is 0.615. The Morgan fingerprint density at radius 2 is 2.24 bits per heavy atom. The molecule has 0 saturated carbocycles. The van der Waals surface area contributed by atoms with E-state index in [4.69, 9.17) is 5.73 Å². The van der Waals surface area contributed by atoms with Gasteiger partial charge in [-0.05, 0) is 29.9 Å². The van der Waals surface area contributed by atoms with Gasteiger partial charge in [0, 0.05) is 11.9 Å². The molecule has 1 unspecified atom stereocenters. The van der Waals surface area contributed by atoms with E-state index in [0.29, 0.717) is 6.54 Å². The Labute approximate surface area is 108 Å². The summed E-state index contributed by atoms with van der Waals surface area (Å²) in [6.45, 7) is 6.80. The molecule has 0 aromatic carbocycles. The van der Waals surface area contributed by atoms with Crippen molar-refractivity contribution < 1.29 is 4.79 Å². The molecule has 3 nitrogen and oxygen atoms in total. The third-order valence-corrected chi connectivity index (χ3v) is 4.28. The molecule has 1 rings (SSSR count). The van der Waals surface area contributed by atoms with Crippen molar-refractivity contribution in [1.82, 2.24) is 4.90 Å². The Kier molecular flexibility index (Phi) is 5.15. The van der Waals surface area contributed by atoms with Crippen molar-refractivity contribution in [3.05, 3.63) is 21.9 Å². The van der Waals surface area contributed by atoms with Crippen LogP contribution >= 0.6 is 11.3 Å². The number of rotatable bonds is 5. The zero-order chi connectivity index (χ0) is 13.0. The Morgan fingerprint density at radius 3 is 2.71 bits per heavy atom. The van der Waals surface area contributed by atoms with Crippen LogP contribution in [0.2, 0.25) is 0 Å². The highest BCUT2D eigenvalue weighted by atomic mass is 32.1. The largest absolute Gasteiger partial charge is 0.339 e. The van der Waals surface area contributed by atoms with E-state index in [9.17, 15) is 4.79 Å². The maximum atomic E-state index is 12.1. The third-order valence-electron chi connectivity index (χ3n) is 3.27. The summed E-state index contributed by atoms with van der Waals surface area (Å²) in [7, 11) is 1.82. The van der Waals surface area contributed by atoms with Crippen molar-refractivity contribution in [2.24, 2.45) is 11.7 Å². The monoisotopic (exact) mass is 254 g/mol. The first-order chi connectivity index (χ1) is 7.97. The molecule has 0 fully saturated rings. The highest BCUT2D eigenvalue weighted by molar-refractivity contribution is 7.10. The van der Waals surface area contributed by atoms with E-state index in [0.717, 1.165) is 6.42 Å². The van der Waals surface area contributed by atoms with Crippen molar-refractivity contribution in [3.8, 4) is 0 Å². The van der Waals surface area contributed by atoms with Crippen LogP contribution in [-0.4, -0.2) is 23.9 Å². The summed E-state index contributed by atoms with van der Waals surface area (Å²) < 4.78 is 0. The minimum atomic E-state index is -0.384. The maximum absolute atomic E-state index is 12.1. The summed E-state index contributed by atoms with van der Waals surface area (Å²) in [5, 5.41) is 2.05. The number of hydrogen-bond acceptors (Lipinski definition) is 3. The molecule has 0 radical (unpaired) electrons. The molecule has 4 heteroatoms. The van der Waals surface area contributed by atoms with Crippen LogP contribution in [0.25, 0.3) is 0 Å². The van der Waals surface area contributed by atoms with Gasteiger partial charge in [0.2, 0.25) is 5.91 Å². The van der Waals surface area contributed by atoms with Gasteiger partial charge in [0.1, 0.15) is 0 Å². The predicted molar refractivity (Wildman–Crippen MR) is 73.0 cm³/mol. The number of amides is 1. The Bertz CT molecular complexity index is 375. The number of thiophene rings is 1. The summed E-state index contributed by atoms with van der Waals surface area (Å²) in [5.41, 5.74) is 7.19. The average molecular weight is 254 g/mol. The molecule has 2 N–H and O–H groups in total. The Morgan fingerprint density at radius 1 is 1.59 bits per heavy atom. The van der Waals surface area contributed by atoms with Gasteiger partial charge < -0.3 is 10.6 Å². The summed E-state index contributed by atoms with van der Waals surface area (Å²) in [6.07, 6.45) is 0.929. The van der Waals surface area contributed by atoms with Gasteiger partial charge in [0.05, 0.1) is 12.6 Å². The molecule has 17 heavy (non-hydrogen) atoms. The van der Waals surface area contributed by atoms with Crippen LogP contribution in [0.3, 0.4) is 0 Å². The molecule has 96 valence electrons. The molecular formula is C13H22N2OS. The normalized spacial score (nSPS) is 14.4. The van der Waals surface area contributed by atoms with Crippen LogP contribution in [0.4, 0.5) is 0 Å². The number of likely N-dealkylation sites (N-methyl/N-ethyl adjacent to an activating group) is 1. The lowest BCUT2D eigenvalue weighted by Gasteiger charge is -2.24. The Hall–Kier alpha value is -0.870. The number of carbonyl (C=O) groups excluding carboxylic acids is 1. The fourth-order valence-corrected chi connectivity index (χ4v) is 2.57. The molecule has 0 aliphatic rings. The fourth-order valence-electron chi connectivity index (χ4n) is 1.61. The second kappa shape index (κ2) is 6.17. The molecule has 0 spiro atoms. The number of hydrogen-bond donors (Lipinski definition) is 1. The molecule has 0 aliphatic carbocycles. The standard InChI is InChI=1S/C13H22N2OS/c1-5-9(2)12(14)13(16)15(4)8-11-10(3)6-7-17-11/h6-7,9,12H,5,8,14H2,1-4H3/t9?,12-/m0/s1. The van der Waals surface area contributed by atoms with Crippen molar-refractivity contribution in [2.75, 3.05) is 7.05 Å². The first-order valence-electron chi connectivity index (χ1n) is 6.00.